The molecule has 0 fully saturated rings. The van der Waals surface area contributed by atoms with E-state index in [1.807, 2.05) is 51.1 Å². The Morgan fingerprint density at radius 2 is 1.72 bits per heavy atom. The fraction of sp³-hybridized carbons (Fsp3) is 0.318. The summed E-state index contributed by atoms with van der Waals surface area (Å²) in [6.45, 7) is 5.67. The van der Waals surface area contributed by atoms with Crippen molar-refractivity contribution in [2.75, 3.05) is 13.7 Å². The molecule has 2 aromatic rings. The molecule has 0 aromatic heterocycles. The second-order valence-corrected chi connectivity index (χ2v) is 7.42. The smallest absolute Gasteiger partial charge is 0.273 e. The van der Waals surface area contributed by atoms with Gasteiger partial charge in [-0.2, -0.15) is 5.10 Å². The largest absolute Gasteiger partial charge is 0.484 e. The maximum absolute atomic E-state index is 12.3. The topological polar surface area (TPSA) is 89.0 Å². The number of carbonyl (C=O) groups is 2. The highest BCUT2D eigenvalue weighted by Gasteiger charge is 2.19. The van der Waals surface area contributed by atoms with Crippen LogP contribution in [0.1, 0.15) is 38.0 Å². The van der Waals surface area contributed by atoms with Crippen LogP contribution in [-0.2, 0) is 14.3 Å². The van der Waals surface area contributed by atoms with Gasteiger partial charge in [0.2, 0.25) is 0 Å². The zero-order chi connectivity index (χ0) is 21.3. The van der Waals surface area contributed by atoms with Crippen molar-refractivity contribution in [3.05, 3.63) is 65.7 Å². The zero-order valence-corrected chi connectivity index (χ0v) is 17.1. The molecule has 2 rings (SSSR count). The number of carbonyl (C=O) groups excluding carboxylic acids is 2. The summed E-state index contributed by atoms with van der Waals surface area (Å²) in [5, 5.41) is 6.80. The molecule has 0 radical (unpaired) electrons. The summed E-state index contributed by atoms with van der Waals surface area (Å²) < 4.78 is 10.7. The van der Waals surface area contributed by atoms with E-state index in [0.29, 0.717) is 5.75 Å². The van der Waals surface area contributed by atoms with Gasteiger partial charge in [0.1, 0.15) is 5.75 Å². The molecule has 0 aliphatic rings. The average Bonchev–Trinajstić information content (AvgIpc) is 2.67. The van der Waals surface area contributed by atoms with Crippen LogP contribution in [0.15, 0.2) is 59.7 Å². The maximum Gasteiger partial charge on any atom is 0.273 e. The molecule has 0 spiro atoms. The summed E-state index contributed by atoms with van der Waals surface area (Å²) in [7, 11) is 1.47. The van der Waals surface area contributed by atoms with Crippen molar-refractivity contribution in [1.82, 2.24) is 10.7 Å². The predicted molar refractivity (Wildman–Crippen MR) is 112 cm³/mol. The third kappa shape index (κ3) is 7.75. The van der Waals surface area contributed by atoms with Crippen LogP contribution in [0.2, 0.25) is 0 Å². The van der Waals surface area contributed by atoms with E-state index in [1.165, 1.54) is 13.3 Å². The van der Waals surface area contributed by atoms with Crippen LogP contribution in [0.3, 0.4) is 0 Å². The molecular formula is C22H27N3O4. The lowest BCUT2D eigenvalue weighted by Crippen LogP contribution is -2.43. The number of nitrogens with one attached hydrogen (secondary N) is 2. The Morgan fingerprint density at radius 3 is 2.31 bits per heavy atom. The Morgan fingerprint density at radius 1 is 1.07 bits per heavy atom. The number of methoxy groups -OCH3 is 1. The average molecular weight is 397 g/mol. The van der Waals surface area contributed by atoms with Crippen molar-refractivity contribution in [3.8, 4) is 5.75 Å². The van der Waals surface area contributed by atoms with Crippen molar-refractivity contribution < 1.29 is 19.1 Å². The summed E-state index contributed by atoms with van der Waals surface area (Å²) in [5.74, 6) is 0.0236. The van der Waals surface area contributed by atoms with E-state index in [-0.39, 0.29) is 24.0 Å². The van der Waals surface area contributed by atoms with Crippen molar-refractivity contribution in [3.63, 3.8) is 0 Å². The summed E-state index contributed by atoms with van der Waals surface area (Å²) >= 11 is 0. The monoisotopic (exact) mass is 397 g/mol. The molecule has 0 aliphatic heterocycles. The summed E-state index contributed by atoms with van der Waals surface area (Å²) in [6, 6.07) is 16.2. The van der Waals surface area contributed by atoms with Gasteiger partial charge in [0.05, 0.1) is 6.21 Å². The first-order valence-electron chi connectivity index (χ1n) is 9.23. The van der Waals surface area contributed by atoms with E-state index in [4.69, 9.17) is 9.47 Å². The van der Waals surface area contributed by atoms with Crippen LogP contribution >= 0.6 is 0 Å². The lowest BCUT2D eigenvalue weighted by atomic mass is 10.1. The summed E-state index contributed by atoms with van der Waals surface area (Å²) in [5.41, 5.74) is 3.70. The Balaban J connectivity index is 1.85. The lowest BCUT2D eigenvalue weighted by Gasteiger charge is -2.20. The van der Waals surface area contributed by atoms with Gasteiger partial charge in [0.25, 0.3) is 11.8 Å². The Bertz CT molecular complexity index is 827. The van der Waals surface area contributed by atoms with E-state index in [0.717, 1.165) is 11.1 Å². The summed E-state index contributed by atoms with van der Waals surface area (Å²) in [6.07, 6.45) is 0.787. The highest BCUT2D eigenvalue weighted by molar-refractivity contribution is 5.85. The number of benzene rings is 2. The van der Waals surface area contributed by atoms with E-state index in [1.54, 1.807) is 24.3 Å². The molecule has 0 saturated heterocycles. The fourth-order valence-corrected chi connectivity index (χ4v) is 2.50. The number of hydrazone groups is 1. The van der Waals surface area contributed by atoms with Crippen molar-refractivity contribution in [2.24, 2.45) is 5.10 Å². The molecule has 2 N–H and O–H groups in total. The molecule has 0 unspecified atom stereocenters. The Labute approximate surface area is 171 Å². The van der Waals surface area contributed by atoms with E-state index in [9.17, 15) is 9.59 Å². The Hall–Kier alpha value is -3.19. The van der Waals surface area contributed by atoms with Crippen molar-refractivity contribution >= 4 is 18.0 Å². The van der Waals surface area contributed by atoms with E-state index >= 15 is 0 Å². The molecule has 1 atom stereocenters. The molecule has 0 saturated carbocycles. The molecule has 29 heavy (non-hydrogen) atoms. The van der Waals surface area contributed by atoms with Gasteiger partial charge in [-0.05, 0) is 56.2 Å². The summed E-state index contributed by atoms with van der Waals surface area (Å²) in [4.78, 5) is 24.0. The van der Waals surface area contributed by atoms with Gasteiger partial charge in [-0.15, -0.1) is 0 Å². The lowest BCUT2D eigenvalue weighted by molar-refractivity contribution is -0.131. The van der Waals surface area contributed by atoms with Crippen LogP contribution in [0.5, 0.6) is 5.75 Å². The molecule has 0 heterocycles. The molecule has 154 valence electrons. The van der Waals surface area contributed by atoms with Crippen LogP contribution < -0.4 is 15.5 Å². The second kappa shape index (κ2) is 10.4. The second-order valence-electron chi connectivity index (χ2n) is 7.42. The molecule has 0 aliphatic carbocycles. The minimum atomic E-state index is -0.733. The van der Waals surface area contributed by atoms with Gasteiger partial charge in [-0.3, -0.25) is 9.59 Å². The number of ether oxygens (including phenoxy) is 2. The highest BCUT2D eigenvalue weighted by atomic mass is 16.5. The SMILES string of the molecule is CO[C@@H](C(=O)N/N=C\c1ccc(OCC(=O)NC(C)(C)C)cc1)c1ccccc1. The van der Waals surface area contributed by atoms with Crippen molar-refractivity contribution in [1.29, 1.82) is 0 Å². The number of hydrogen-bond donors (Lipinski definition) is 2. The normalized spacial score (nSPS) is 12.4. The van der Waals surface area contributed by atoms with Gasteiger partial charge in [-0.25, -0.2) is 5.43 Å². The highest BCUT2D eigenvalue weighted by Crippen LogP contribution is 2.16. The van der Waals surface area contributed by atoms with Crippen LogP contribution in [0.25, 0.3) is 0 Å². The fourth-order valence-electron chi connectivity index (χ4n) is 2.50. The third-order valence-corrected chi connectivity index (χ3v) is 3.73. The minimum absolute atomic E-state index is 0.0569. The van der Waals surface area contributed by atoms with Gasteiger partial charge >= 0.3 is 0 Å². The number of rotatable bonds is 8. The maximum atomic E-state index is 12.3. The Kier molecular flexibility index (Phi) is 7.91. The number of hydrogen-bond acceptors (Lipinski definition) is 5. The van der Waals surface area contributed by atoms with Crippen molar-refractivity contribution in [2.45, 2.75) is 32.4 Å². The van der Waals surface area contributed by atoms with Gasteiger partial charge in [-0.1, -0.05) is 30.3 Å². The van der Waals surface area contributed by atoms with Gasteiger partial charge in [0, 0.05) is 12.6 Å². The zero-order valence-electron chi connectivity index (χ0n) is 17.1. The number of nitrogens with zero attached hydrogens (tertiary/aromatic N) is 1. The predicted octanol–water partition coefficient (Wildman–Crippen LogP) is 2.82. The first kappa shape index (κ1) is 22.1. The first-order valence-corrected chi connectivity index (χ1v) is 9.23. The molecule has 2 aromatic carbocycles. The molecule has 7 heteroatoms. The molecule has 2 amide bonds. The van der Waals surface area contributed by atoms with Gasteiger partial charge < -0.3 is 14.8 Å². The van der Waals surface area contributed by atoms with Crippen LogP contribution in [-0.4, -0.2) is 37.3 Å². The molecular weight excluding hydrogens is 370 g/mol. The van der Waals surface area contributed by atoms with E-state index in [2.05, 4.69) is 15.8 Å². The number of amides is 2. The van der Waals surface area contributed by atoms with Crippen LogP contribution in [0.4, 0.5) is 0 Å². The van der Waals surface area contributed by atoms with E-state index < -0.39 is 6.10 Å². The quantitative estimate of drug-likeness (QED) is 0.530. The molecule has 7 nitrogen and oxygen atoms in total. The third-order valence-electron chi connectivity index (χ3n) is 3.73. The molecule has 0 bridgehead atoms. The van der Waals surface area contributed by atoms with Gasteiger partial charge in [0.15, 0.2) is 12.7 Å². The van der Waals surface area contributed by atoms with Crippen LogP contribution in [0, 0.1) is 0 Å². The first-order chi connectivity index (χ1) is 13.8. The minimum Gasteiger partial charge on any atom is -0.484 e. The standard InChI is InChI=1S/C22H27N3O4/c1-22(2,3)24-19(26)15-29-18-12-10-16(11-13-18)14-23-25-21(27)20(28-4)17-8-6-5-7-9-17/h5-14,20H,15H2,1-4H3,(H,24,26)(H,25,27)/b23-14-/t20-/m1/s1.